The van der Waals surface area contributed by atoms with Gasteiger partial charge in [-0.05, 0) is 46.4 Å². The zero-order valence-electron chi connectivity index (χ0n) is 9.81. The number of Topliss-reactive ketones (excluding diaryl/α,β-unsaturated/α-hetero) is 1. The lowest BCUT2D eigenvalue weighted by Crippen LogP contribution is -2.11. The van der Waals surface area contributed by atoms with Crippen LogP contribution < -0.4 is 0 Å². The maximum atomic E-state index is 12.4. The van der Waals surface area contributed by atoms with Gasteiger partial charge < -0.3 is 0 Å². The van der Waals surface area contributed by atoms with Gasteiger partial charge in [-0.3, -0.25) is 4.79 Å². The molecule has 0 aliphatic rings. The molecule has 94 valence electrons. The molecule has 1 unspecified atom stereocenters. The molecule has 2 rings (SSSR count). The summed E-state index contributed by atoms with van der Waals surface area (Å²) in [5, 5.41) is 9.30. The monoisotopic (exact) mass is 425 g/mol. The molecule has 0 fully saturated rings. The Morgan fingerprint density at radius 1 is 1.16 bits per heavy atom. The minimum atomic E-state index is -0.782. The summed E-state index contributed by atoms with van der Waals surface area (Å²) in [7, 11) is 0. The lowest BCUT2D eigenvalue weighted by atomic mass is 9.92. The summed E-state index contributed by atoms with van der Waals surface area (Å²) in [6.07, 6.45) is 0. The molecule has 2 nitrogen and oxygen atoms in total. The van der Waals surface area contributed by atoms with Crippen LogP contribution >= 0.6 is 38.5 Å². The topological polar surface area (TPSA) is 40.9 Å². The van der Waals surface area contributed by atoms with Gasteiger partial charge in [0.1, 0.15) is 5.92 Å². The van der Waals surface area contributed by atoms with Gasteiger partial charge in [0.05, 0.1) is 6.07 Å². The summed E-state index contributed by atoms with van der Waals surface area (Å²) in [6.45, 7) is 0. The smallest absolute Gasteiger partial charge is 0.184 e. The van der Waals surface area contributed by atoms with Gasteiger partial charge in [0, 0.05) is 13.6 Å². The minimum absolute atomic E-state index is 0.175. The van der Waals surface area contributed by atoms with Crippen molar-refractivity contribution in [3.8, 4) is 6.07 Å². The molecule has 2 aromatic carbocycles. The Labute approximate surface area is 133 Å². The van der Waals surface area contributed by atoms with Gasteiger partial charge in [-0.1, -0.05) is 46.3 Å². The second kappa shape index (κ2) is 6.31. The van der Waals surface area contributed by atoms with Crippen LogP contribution in [0.15, 0.2) is 53.0 Å². The Morgan fingerprint density at radius 3 is 2.37 bits per heavy atom. The van der Waals surface area contributed by atoms with Gasteiger partial charge in [-0.15, -0.1) is 0 Å². The first-order valence-electron chi connectivity index (χ1n) is 5.57. The molecule has 0 spiro atoms. The molecule has 0 saturated heterocycles. The third-order valence-corrected chi connectivity index (χ3v) is 4.18. The molecule has 0 heterocycles. The highest BCUT2D eigenvalue weighted by atomic mass is 127. The van der Waals surface area contributed by atoms with E-state index in [0.29, 0.717) is 11.1 Å². The lowest BCUT2D eigenvalue weighted by Gasteiger charge is -2.10. The predicted molar refractivity (Wildman–Crippen MR) is 86.0 cm³/mol. The summed E-state index contributed by atoms with van der Waals surface area (Å²) < 4.78 is 1.84. The van der Waals surface area contributed by atoms with E-state index >= 15 is 0 Å². The molecular formula is C15H9BrINO. The van der Waals surface area contributed by atoms with E-state index in [4.69, 9.17) is 0 Å². The van der Waals surface area contributed by atoms with Crippen molar-refractivity contribution in [3.05, 3.63) is 67.7 Å². The third-order valence-electron chi connectivity index (χ3n) is 2.74. The number of carbonyl (C=O) groups excluding carboxylic acids is 1. The van der Waals surface area contributed by atoms with Gasteiger partial charge in [-0.2, -0.15) is 5.26 Å². The van der Waals surface area contributed by atoms with Crippen LogP contribution in [0.1, 0.15) is 21.8 Å². The van der Waals surface area contributed by atoms with Crippen LogP contribution in [0.5, 0.6) is 0 Å². The third kappa shape index (κ3) is 3.23. The van der Waals surface area contributed by atoms with Gasteiger partial charge in [-0.25, -0.2) is 0 Å². The number of halogens is 2. The molecule has 0 aliphatic carbocycles. The van der Waals surface area contributed by atoms with Crippen LogP contribution in [-0.4, -0.2) is 5.78 Å². The summed E-state index contributed by atoms with van der Waals surface area (Å²) >= 11 is 5.57. The van der Waals surface area contributed by atoms with Gasteiger partial charge in [0.15, 0.2) is 5.78 Å². The first kappa shape index (κ1) is 14.2. The average Bonchev–Trinajstić information content (AvgIpc) is 2.42. The van der Waals surface area contributed by atoms with Crippen LogP contribution in [0.3, 0.4) is 0 Å². The first-order valence-corrected chi connectivity index (χ1v) is 7.44. The molecule has 2 aromatic rings. The van der Waals surface area contributed by atoms with Crippen LogP contribution in [-0.2, 0) is 0 Å². The van der Waals surface area contributed by atoms with Crippen LogP contribution in [0.25, 0.3) is 0 Å². The van der Waals surface area contributed by atoms with Gasteiger partial charge in [0.25, 0.3) is 0 Å². The number of benzene rings is 2. The Hall–Kier alpha value is -1.19. The van der Waals surface area contributed by atoms with Crippen LogP contribution in [0, 0.1) is 14.9 Å². The fourth-order valence-corrected chi connectivity index (χ4v) is 2.63. The molecule has 0 amide bonds. The molecule has 4 heteroatoms. The highest BCUT2D eigenvalue weighted by Gasteiger charge is 2.23. The lowest BCUT2D eigenvalue weighted by molar-refractivity contribution is 0.0978. The number of carbonyl (C=O) groups is 1. The zero-order valence-corrected chi connectivity index (χ0v) is 13.6. The van der Waals surface area contributed by atoms with Crippen molar-refractivity contribution in [2.75, 3.05) is 0 Å². The molecule has 1 atom stereocenters. The Bertz CT molecular complexity index is 646. The molecule has 0 aromatic heterocycles. The summed E-state index contributed by atoms with van der Waals surface area (Å²) in [4.78, 5) is 12.4. The number of hydrogen-bond acceptors (Lipinski definition) is 2. The number of nitrogens with zero attached hydrogens (tertiary/aromatic N) is 1. The summed E-state index contributed by atoms with van der Waals surface area (Å²) in [5.41, 5.74) is 1.26. The maximum absolute atomic E-state index is 12.4. The number of rotatable bonds is 3. The highest BCUT2D eigenvalue weighted by Crippen LogP contribution is 2.27. The van der Waals surface area contributed by atoms with Crippen molar-refractivity contribution >= 4 is 44.3 Å². The van der Waals surface area contributed by atoms with Crippen molar-refractivity contribution in [2.45, 2.75) is 5.92 Å². The summed E-state index contributed by atoms with van der Waals surface area (Å²) in [6, 6.07) is 16.6. The molecule has 0 saturated carbocycles. The van der Waals surface area contributed by atoms with E-state index in [9.17, 15) is 10.1 Å². The van der Waals surface area contributed by atoms with Crippen molar-refractivity contribution in [1.82, 2.24) is 0 Å². The molecule has 19 heavy (non-hydrogen) atoms. The molecule has 0 radical (unpaired) electrons. The predicted octanol–water partition coefficient (Wildman–Crippen LogP) is 4.54. The number of ketones is 1. The second-order valence-corrected chi connectivity index (χ2v) is 6.05. The van der Waals surface area contributed by atoms with Crippen molar-refractivity contribution in [3.63, 3.8) is 0 Å². The average molecular weight is 426 g/mol. The second-order valence-electron chi connectivity index (χ2n) is 3.95. The maximum Gasteiger partial charge on any atom is 0.184 e. The van der Waals surface area contributed by atoms with Gasteiger partial charge >= 0.3 is 0 Å². The van der Waals surface area contributed by atoms with E-state index < -0.39 is 5.92 Å². The fourth-order valence-electron chi connectivity index (χ4n) is 1.76. The zero-order chi connectivity index (χ0) is 13.8. The van der Waals surface area contributed by atoms with Crippen LogP contribution in [0.4, 0.5) is 0 Å². The Morgan fingerprint density at radius 2 is 1.79 bits per heavy atom. The van der Waals surface area contributed by atoms with Crippen molar-refractivity contribution < 1.29 is 4.79 Å². The first-order chi connectivity index (χ1) is 9.13. The van der Waals surface area contributed by atoms with E-state index in [2.05, 4.69) is 44.6 Å². The Kier molecular flexibility index (Phi) is 4.72. The Balaban J connectivity index is 2.38. The van der Waals surface area contributed by atoms with E-state index in [1.807, 2.05) is 30.3 Å². The van der Waals surface area contributed by atoms with Crippen LogP contribution in [0.2, 0.25) is 0 Å². The molecule has 0 N–H and O–H groups in total. The normalized spacial score (nSPS) is 11.6. The number of nitriles is 1. The van der Waals surface area contributed by atoms with E-state index in [1.54, 1.807) is 18.2 Å². The largest absolute Gasteiger partial charge is 0.292 e. The quantitative estimate of drug-likeness (QED) is 0.534. The molecule has 0 bridgehead atoms. The van der Waals surface area contributed by atoms with E-state index in [1.165, 1.54) is 0 Å². The standard InChI is InChI=1S/C15H9BrINO/c16-14-4-2-1-3-12(14)13(9-18)15(19)10-5-7-11(17)8-6-10/h1-8,13H. The van der Waals surface area contributed by atoms with Crippen molar-refractivity contribution in [2.24, 2.45) is 0 Å². The fraction of sp³-hybridized carbons (Fsp3) is 0.0667. The SMILES string of the molecule is N#CC(C(=O)c1ccc(I)cc1)c1ccccc1Br. The molecular weight excluding hydrogens is 417 g/mol. The highest BCUT2D eigenvalue weighted by molar-refractivity contribution is 14.1. The summed E-state index contributed by atoms with van der Waals surface area (Å²) in [5.74, 6) is -0.957. The van der Waals surface area contributed by atoms with E-state index in [-0.39, 0.29) is 5.78 Å². The van der Waals surface area contributed by atoms with Gasteiger partial charge in [0.2, 0.25) is 0 Å². The number of hydrogen-bond donors (Lipinski definition) is 0. The van der Waals surface area contributed by atoms with Crippen molar-refractivity contribution in [1.29, 1.82) is 5.26 Å². The van der Waals surface area contributed by atoms with E-state index in [0.717, 1.165) is 8.04 Å². The molecule has 0 aliphatic heterocycles. The minimum Gasteiger partial charge on any atom is -0.292 e.